The first kappa shape index (κ1) is 15.7. The van der Waals surface area contributed by atoms with E-state index in [1.807, 2.05) is 17.8 Å². The second-order valence-electron chi connectivity index (χ2n) is 4.46. The minimum absolute atomic E-state index is 0.241. The zero-order chi connectivity index (χ0) is 14.7. The first-order chi connectivity index (χ1) is 9.60. The Morgan fingerprint density at radius 3 is 2.70 bits per heavy atom. The molecule has 0 saturated heterocycles. The van der Waals surface area contributed by atoms with Crippen molar-refractivity contribution in [3.05, 3.63) is 50.4 Å². The van der Waals surface area contributed by atoms with Gasteiger partial charge >= 0.3 is 0 Å². The largest absolute Gasteiger partial charge is 0.308 e. The number of nitrogens with zero attached hydrogens (tertiary/aromatic N) is 2. The van der Waals surface area contributed by atoms with E-state index in [1.165, 1.54) is 6.07 Å². The number of benzene rings is 1. The maximum absolute atomic E-state index is 14.2. The SMILES string of the molecule is CCCn1ncc(Br)c1C(NC)c1c(F)cccc1Br. The van der Waals surface area contributed by atoms with Gasteiger partial charge in [-0.25, -0.2) is 4.39 Å². The highest BCUT2D eigenvalue weighted by atomic mass is 79.9. The van der Waals surface area contributed by atoms with Gasteiger partial charge in [0.25, 0.3) is 0 Å². The molecule has 0 aliphatic heterocycles. The summed E-state index contributed by atoms with van der Waals surface area (Å²) in [5, 5.41) is 7.53. The molecule has 0 aliphatic carbocycles. The normalized spacial score (nSPS) is 12.7. The monoisotopic (exact) mass is 403 g/mol. The molecule has 1 unspecified atom stereocenters. The van der Waals surface area contributed by atoms with Gasteiger partial charge in [-0.1, -0.05) is 28.9 Å². The molecule has 0 spiro atoms. The van der Waals surface area contributed by atoms with Crippen molar-refractivity contribution in [2.45, 2.75) is 25.9 Å². The third-order valence-electron chi connectivity index (χ3n) is 3.12. The third-order valence-corrected chi connectivity index (χ3v) is 4.42. The number of halogens is 3. The van der Waals surface area contributed by atoms with Gasteiger partial charge in [0.2, 0.25) is 0 Å². The van der Waals surface area contributed by atoms with Crippen molar-refractivity contribution in [1.29, 1.82) is 0 Å². The topological polar surface area (TPSA) is 29.9 Å². The van der Waals surface area contributed by atoms with E-state index in [2.05, 4.69) is 49.2 Å². The number of rotatable bonds is 5. The fourth-order valence-electron chi connectivity index (χ4n) is 2.25. The minimum atomic E-state index is -0.269. The predicted molar refractivity (Wildman–Crippen MR) is 85.2 cm³/mol. The van der Waals surface area contributed by atoms with Crippen LogP contribution >= 0.6 is 31.9 Å². The van der Waals surface area contributed by atoms with E-state index in [-0.39, 0.29) is 11.9 Å². The summed E-state index contributed by atoms with van der Waals surface area (Å²) in [5.74, 6) is -0.241. The number of hydrogen-bond donors (Lipinski definition) is 1. The van der Waals surface area contributed by atoms with Crippen molar-refractivity contribution in [1.82, 2.24) is 15.1 Å². The predicted octanol–water partition coefficient (Wildman–Crippen LogP) is 4.27. The Hall–Kier alpha value is -0.720. The van der Waals surface area contributed by atoms with Crippen molar-refractivity contribution < 1.29 is 4.39 Å². The van der Waals surface area contributed by atoms with Gasteiger partial charge in [0, 0.05) is 16.6 Å². The van der Waals surface area contributed by atoms with E-state index in [0.29, 0.717) is 5.56 Å². The van der Waals surface area contributed by atoms with Crippen molar-refractivity contribution >= 4 is 31.9 Å². The lowest BCUT2D eigenvalue weighted by molar-refractivity contribution is 0.513. The van der Waals surface area contributed by atoms with Gasteiger partial charge in [0.15, 0.2) is 0 Å². The molecule has 0 amide bonds. The lowest BCUT2D eigenvalue weighted by atomic mass is 10.0. The maximum Gasteiger partial charge on any atom is 0.129 e. The third kappa shape index (κ3) is 2.97. The van der Waals surface area contributed by atoms with Crippen LogP contribution in [0.2, 0.25) is 0 Å². The van der Waals surface area contributed by atoms with Crippen molar-refractivity contribution in [2.75, 3.05) is 7.05 Å². The molecule has 1 aromatic heterocycles. The summed E-state index contributed by atoms with van der Waals surface area (Å²) in [6.07, 6.45) is 2.72. The van der Waals surface area contributed by atoms with Crippen LogP contribution in [0.25, 0.3) is 0 Å². The van der Waals surface area contributed by atoms with Crippen molar-refractivity contribution in [3.63, 3.8) is 0 Å². The molecule has 2 rings (SSSR count). The summed E-state index contributed by atoms with van der Waals surface area (Å²) < 4.78 is 17.7. The molecule has 0 saturated carbocycles. The van der Waals surface area contributed by atoms with E-state index < -0.39 is 0 Å². The summed E-state index contributed by atoms with van der Waals surface area (Å²) in [6, 6.07) is 4.73. The molecule has 1 aromatic carbocycles. The van der Waals surface area contributed by atoms with Gasteiger partial charge < -0.3 is 5.32 Å². The van der Waals surface area contributed by atoms with Gasteiger partial charge in [0.05, 0.1) is 22.4 Å². The minimum Gasteiger partial charge on any atom is -0.308 e. The van der Waals surface area contributed by atoms with E-state index in [4.69, 9.17) is 0 Å². The Morgan fingerprint density at radius 1 is 1.35 bits per heavy atom. The summed E-state index contributed by atoms with van der Waals surface area (Å²) in [4.78, 5) is 0. The Kier molecular flexibility index (Phi) is 5.35. The van der Waals surface area contributed by atoms with Gasteiger partial charge in [-0.3, -0.25) is 4.68 Å². The first-order valence-corrected chi connectivity index (χ1v) is 8.01. The molecule has 0 fully saturated rings. The smallest absolute Gasteiger partial charge is 0.129 e. The standard InChI is InChI=1S/C14H16Br2FN3/c1-3-7-20-14(10(16)8-19-20)13(18-2)12-9(15)5-4-6-11(12)17/h4-6,8,13,18H,3,7H2,1-2H3. The van der Waals surface area contributed by atoms with Crippen LogP contribution < -0.4 is 5.32 Å². The fourth-order valence-corrected chi connectivity index (χ4v) is 3.35. The maximum atomic E-state index is 14.2. The van der Waals surface area contributed by atoms with Crippen LogP contribution in [-0.4, -0.2) is 16.8 Å². The van der Waals surface area contributed by atoms with Gasteiger partial charge in [-0.15, -0.1) is 0 Å². The molecular formula is C14H16Br2FN3. The average molecular weight is 405 g/mol. The second-order valence-corrected chi connectivity index (χ2v) is 6.17. The zero-order valence-electron chi connectivity index (χ0n) is 11.3. The molecule has 20 heavy (non-hydrogen) atoms. The van der Waals surface area contributed by atoms with Crippen LogP contribution in [-0.2, 0) is 6.54 Å². The van der Waals surface area contributed by atoms with Crippen LogP contribution in [0.1, 0.15) is 30.6 Å². The first-order valence-electron chi connectivity index (χ1n) is 6.42. The van der Waals surface area contributed by atoms with Crippen molar-refractivity contribution in [2.24, 2.45) is 0 Å². The molecule has 3 nitrogen and oxygen atoms in total. The summed E-state index contributed by atoms with van der Waals surface area (Å²) in [5.41, 5.74) is 1.52. The van der Waals surface area contributed by atoms with Crippen LogP contribution in [0, 0.1) is 5.82 Å². The highest BCUT2D eigenvalue weighted by Crippen LogP contribution is 2.34. The number of nitrogens with one attached hydrogen (secondary N) is 1. The van der Waals surface area contributed by atoms with Crippen molar-refractivity contribution in [3.8, 4) is 0 Å². The Balaban J connectivity index is 2.55. The molecule has 6 heteroatoms. The Bertz CT molecular complexity index is 578. The molecule has 0 radical (unpaired) electrons. The number of hydrogen-bond acceptors (Lipinski definition) is 2. The molecule has 0 aliphatic rings. The molecule has 1 N–H and O–H groups in total. The quantitative estimate of drug-likeness (QED) is 0.806. The van der Waals surface area contributed by atoms with Crippen LogP contribution in [0.4, 0.5) is 4.39 Å². The van der Waals surface area contributed by atoms with E-state index in [0.717, 1.165) is 27.6 Å². The highest BCUT2D eigenvalue weighted by Gasteiger charge is 2.24. The van der Waals surface area contributed by atoms with Crippen LogP contribution in [0.3, 0.4) is 0 Å². The van der Waals surface area contributed by atoms with Gasteiger partial charge in [-0.2, -0.15) is 5.10 Å². The number of aromatic nitrogens is 2. The highest BCUT2D eigenvalue weighted by molar-refractivity contribution is 9.10. The molecule has 2 aromatic rings. The molecule has 1 heterocycles. The number of aryl methyl sites for hydroxylation is 1. The van der Waals surface area contributed by atoms with Crippen LogP contribution in [0.15, 0.2) is 33.3 Å². The Labute approximate surface area is 134 Å². The lowest BCUT2D eigenvalue weighted by Crippen LogP contribution is -2.23. The lowest BCUT2D eigenvalue weighted by Gasteiger charge is -2.21. The Morgan fingerprint density at radius 2 is 2.10 bits per heavy atom. The van der Waals surface area contributed by atoms with E-state index >= 15 is 0 Å². The summed E-state index contributed by atoms with van der Waals surface area (Å²) in [7, 11) is 1.82. The zero-order valence-corrected chi connectivity index (χ0v) is 14.5. The van der Waals surface area contributed by atoms with Crippen LogP contribution in [0.5, 0.6) is 0 Å². The van der Waals surface area contributed by atoms with E-state index in [1.54, 1.807) is 12.3 Å². The second kappa shape index (κ2) is 6.83. The average Bonchev–Trinajstić information content (AvgIpc) is 2.76. The fraction of sp³-hybridized carbons (Fsp3) is 0.357. The molecule has 0 bridgehead atoms. The molecular weight excluding hydrogens is 389 g/mol. The van der Waals surface area contributed by atoms with E-state index in [9.17, 15) is 4.39 Å². The summed E-state index contributed by atoms with van der Waals surface area (Å²) in [6.45, 7) is 2.89. The van der Waals surface area contributed by atoms with Gasteiger partial charge in [-0.05, 0) is 41.5 Å². The van der Waals surface area contributed by atoms with Gasteiger partial charge in [0.1, 0.15) is 5.82 Å². The molecule has 108 valence electrons. The molecule has 1 atom stereocenters. The summed E-state index contributed by atoms with van der Waals surface area (Å²) >= 11 is 6.95.